The van der Waals surface area contributed by atoms with Gasteiger partial charge in [0.25, 0.3) is 0 Å². The zero-order valence-electron chi connectivity index (χ0n) is 11.4. The van der Waals surface area contributed by atoms with Gasteiger partial charge in [-0.05, 0) is 44.9 Å². The Bertz CT molecular complexity index is 229. The first-order valence-corrected chi connectivity index (χ1v) is 7.07. The Morgan fingerprint density at radius 2 is 1.75 bits per heavy atom. The van der Waals surface area contributed by atoms with Crippen molar-refractivity contribution in [1.82, 2.24) is 10.2 Å². The monoisotopic (exact) mass is 224 g/mol. The minimum Gasteiger partial charge on any atom is -0.311 e. The molecule has 94 valence electrons. The van der Waals surface area contributed by atoms with Crippen LogP contribution in [0.15, 0.2) is 0 Å². The summed E-state index contributed by atoms with van der Waals surface area (Å²) in [6.45, 7) is 12.0. The summed E-state index contributed by atoms with van der Waals surface area (Å²) in [6, 6.07) is 2.25. The summed E-state index contributed by atoms with van der Waals surface area (Å²) in [5.41, 5.74) is 0. The number of hydrogen-bond acceptors (Lipinski definition) is 2. The average molecular weight is 224 g/mol. The third-order valence-corrected chi connectivity index (χ3v) is 4.85. The van der Waals surface area contributed by atoms with E-state index in [1.54, 1.807) is 0 Å². The summed E-state index contributed by atoms with van der Waals surface area (Å²) in [4.78, 5) is 2.77. The van der Waals surface area contributed by atoms with Crippen molar-refractivity contribution in [3.63, 3.8) is 0 Å². The van der Waals surface area contributed by atoms with Gasteiger partial charge in [0.15, 0.2) is 0 Å². The smallest absolute Gasteiger partial charge is 0.0196 e. The molecule has 2 fully saturated rings. The topological polar surface area (TPSA) is 15.3 Å². The molecule has 0 spiro atoms. The molecule has 0 bridgehead atoms. The molecule has 2 nitrogen and oxygen atoms in total. The summed E-state index contributed by atoms with van der Waals surface area (Å²) >= 11 is 0. The fourth-order valence-electron chi connectivity index (χ4n) is 3.38. The summed E-state index contributed by atoms with van der Waals surface area (Å²) < 4.78 is 0. The standard InChI is InChI=1S/C14H28N2/c1-10-5-6-14(7-11(10)2)16-9-12(3)15-8-13(16)4/h10-15H,5-9H2,1-4H3. The molecule has 16 heavy (non-hydrogen) atoms. The second-order valence-electron chi connectivity index (χ2n) is 6.28. The molecule has 1 aliphatic heterocycles. The first kappa shape index (κ1) is 12.4. The van der Waals surface area contributed by atoms with Crippen molar-refractivity contribution < 1.29 is 0 Å². The molecule has 5 atom stereocenters. The van der Waals surface area contributed by atoms with Gasteiger partial charge >= 0.3 is 0 Å². The maximum Gasteiger partial charge on any atom is 0.0196 e. The van der Waals surface area contributed by atoms with Gasteiger partial charge in [-0.2, -0.15) is 0 Å². The number of nitrogens with one attached hydrogen (secondary N) is 1. The van der Waals surface area contributed by atoms with Gasteiger partial charge in [0.05, 0.1) is 0 Å². The molecule has 0 amide bonds. The molecule has 5 unspecified atom stereocenters. The fraction of sp³-hybridized carbons (Fsp3) is 1.00. The lowest BCUT2D eigenvalue weighted by Crippen LogP contribution is -2.58. The van der Waals surface area contributed by atoms with E-state index in [1.807, 2.05) is 0 Å². The predicted octanol–water partition coefficient (Wildman–Crippen LogP) is 2.49. The van der Waals surface area contributed by atoms with E-state index in [-0.39, 0.29) is 0 Å². The van der Waals surface area contributed by atoms with E-state index in [9.17, 15) is 0 Å². The van der Waals surface area contributed by atoms with Gasteiger partial charge in [-0.3, -0.25) is 4.90 Å². The highest BCUT2D eigenvalue weighted by atomic mass is 15.2. The maximum absolute atomic E-state index is 3.58. The van der Waals surface area contributed by atoms with E-state index >= 15 is 0 Å². The lowest BCUT2D eigenvalue weighted by Gasteiger charge is -2.46. The molecular formula is C14H28N2. The normalized spacial score (nSPS) is 46.9. The zero-order valence-corrected chi connectivity index (χ0v) is 11.4. The van der Waals surface area contributed by atoms with Crippen LogP contribution in [-0.2, 0) is 0 Å². The van der Waals surface area contributed by atoms with Gasteiger partial charge in [0, 0.05) is 31.2 Å². The number of nitrogens with zero attached hydrogens (tertiary/aromatic N) is 1. The number of piperazine rings is 1. The Hall–Kier alpha value is -0.0800. The van der Waals surface area contributed by atoms with E-state index in [4.69, 9.17) is 0 Å². The van der Waals surface area contributed by atoms with Crippen LogP contribution in [-0.4, -0.2) is 36.1 Å². The molecule has 2 heteroatoms. The Labute approximate surface area is 101 Å². The first-order chi connectivity index (χ1) is 7.58. The van der Waals surface area contributed by atoms with Crippen LogP contribution in [0, 0.1) is 11.8 Å². The van der Waals surface area contributed by atoms with Crippen LogP contribution in [0.1, 0.15) is 47.0 Å². The SMILES string of the molecule is CC1CN(C2CCC(C)C(C)C2)C(C)CN1. The quantitative estimate of drug-likeness (QED) is 0.736. The third kappa shape index (κ3) is 2.60. The van der Waals surface area contributed by atoms with Gasteiger partial charge in [-0.15, -0.1) is 0 Å². The molecule has 0 aromatic heterocycles. The van der Waals surface area contributed by atoms with E-state index in [0.29, 0.717) is 6.04 Å². The molecule has 2 aliphatic rings. The van der Waals surface area contributed by atoms with Gasteiger partial charge in [-0.1, -0.05) is 13.8 Å². The Morgan fingerprint density at radius 1 is 1.00 bits per heavy atom. The van der Waals surface area contributed by atoms with Crippen molar-refractivity contribution in [2.75, 3.05) is 13.1 Å². The van der Waals surface area contributed by atoms with Crippen LogP contribution in [0.3, 0.4) is 0 Å². The van der Waals surface area contributed by atoms with Gasteiger partial charge < -0.3 is 5.32 Å². The Kier molecular flexibility index (Phi) is 3.91. The molecule has 1 saturated carbocycles. The van der Waals surface area contributed by atoms with E-state index in [1.165, 1.54) is 32.4 Å². The van der Waals surface area contributed by atoms with E-state index in [0.717, 1.165) is 23.9 Å². The van der Waals surface area contributed by atoms with Crippen molar-refractivity contribution in [3.8, 4) is 0 Å². The van der Waals surface area contributed by atoms with Crippen molar-refractivity contribution >= 4 is 0 Å². The molecule has 1 N–H and O–H groups in total. The summed E-state index contributed by atoms with van der Waals surface area (Å²) in [5.74, 6) is 1.85. The van der Waals surface area contributed by atoms with Crippen LogP contribution in [0.25, 0.3) is 0 Å². The van der Waals surface area contributed by atoms with Gasteiger partial charge in [0.1, 0.15) is 0 Å². The highest BCUT2D eigenvalue weighted by molar-refractivity contribution is 4.89. The zero-order chi connectivity index (χ0) is 11.7. The first-order valence-electron chi connectivity index (χ1n) is 7.07. The molecule has 1 heterocycles. The summed E-state index contributed by atoms with van der Waals surface area (Å²) in [7, 11) is 0. The highest BCUT2D eigenvalue weighted by Gasteiger charge is 2.33. The molecular weight excluding hydrogens is 196 g/mol. The Balaban J connectivity index is 1.95. The van der Waals surface area contributed by atoms with Crippen LogP contribution in [0.4, 0.5) is 0 Å². The van der Waals surface area contributed by atoms with Crippen molar-refractivity contribution in [1.29, 1.82) is 0 Å². The second kappa shape index (κ2) is 5.05. The van der Waals surface area contributed by atoms with Crippen molar-refractivity contribution in [3.05, 3.63) is 0 Å². The summed E-state index contributed by atoms with van der Waals surface area (Å²) in [6.07, 6.45) is 4.26. The van der Waals surface area contributed by atoms with E-state index < -0.39 is 0 Å². The minimum atomic E-state index is 0.672. The molecule has 0 aromatic rings. The third-order valence-electron chi connectivity index (χ3n) is 4.85. The van der Waals surface area contributed by atoms with Crippen LogP contribution >= 0.6 is 0 Å². The van der Waals surface area contributed by atoms with Gasteiger partial charge in [0.2, 0.25) is 0 Å². The minimum absolute atomic E-state index is 0.672. The second-order valence-corrected chi connectivity index (χ2v) is 6.28. The lowest BCUT2D eigenvalue weighted by molar-refractivity contribution is 0.0489. The molecule has 2 rings (SSSR count). The van der Waals surface area contributed by atoms with Crippen LogP contribution in [0.2, 0.25) is 0 Å². The number of hydrogen-bond donors (Lipinski definition) is 1. The molecule has 1 saturated heterocycles. The van der Waals surface area contributed by atoms with Crippen molar-refractivity contribution in [2.45, 2.75) is 65.1 Å². The fourth-order valence-corrected chi connectivity index (χ4v) is 3.38. The lowest BCUT2D eigenvalue weighted by atomic mass is 9.78. The predicted molar refractivity (Wildman–Crippen MR) is 69.6 cm³/mol. The van der Waals surface area contributed by atoms with Crippen LogP contribution in [0.5, 0.6) is 0 Å². The van der Waals surface area contributed by atoms with E-state index in [2.05, 4.69) is 37.9 Å². The van der Waals surface area contributed by atoms with Crippen molar-refractivity contribution in [2.24, 2.45) is 11.8 Å². The number of rotatable bonds is 1. The molecule has 1 aliphatic carbocycles. The van der Waals surface area contributed by atoms with Gasteiger partial charge in [-0.25, -0.2) is 0 Å². The van der Waals surface area contributed by atoms with Crippen LogP contribution < -0.4 is 5.32 Å². The highest BCUT2D eigenvalue weighted by Crippen LogP contribution is 2.33. The summed E-state index contributed by atoms with van der Waals surface area (Å²) in [5, 5.41) is 3.58. The average Bonchev–Trinajstić information content (AvgIpc) is 2.26. The Morgan fingerprint density at radius 3 is 2.44 bits per heavy atom. The maximum atomic E-state index is 3.58. The largest absolute Gasteiger partial charge is 0.311 e. The molecule has 0 aromatic carbocycles. The molecule has 0 radical (unpaired) electrons.